The largest absolute Gasteiger partial charge is 0.492 e. The van der Waals surface area contributed by atoms with Crippen LogP contribution in [0, 0.1) is 13.8 Å². The fraction of sp³-hybridized carbons (Fsp3) is 0.381. The molecule has 2 aromatic carbocycles. The van der Waals surface area contributed by atoms with Gasteiger partial charge in [-0.05, 0) is 43.7 Å². The molecule has 7 heteroatoms. The molecule has 0 saturated carbocycles. The van der Waals surface area contributed by atoms with Crippen molar-refractivity contribution in [3.63, 3.8) is 0 Å². The van der Waals surface area contributed by atoms with Gasteiger partial charge >= 0.3 is 0 Å². The van der Waals surface area contributed by atoms with E-state index in [2.05, 4.69) is 5.32 Å². The Balaban J connectivity index is 2.02. The summed E-state index contributed by atoms with van der Waals surface area (Å²) in [5, 5.41) is 2.76. The van der Waals surface area contributed by atoms with Crippen molar-refractivity contribution < 1.29 is 17.9 Å². The smallest absolute Gasteiger partial charge is 0.251 e. The number of nitrogens with one attached hydrogen (secondary N) is 1. The van der Waals surface area contributed by atoms with Crippen molar-refractivity contribution in [2.75, 3.05) is 26.2 Å². The van der Waals surface area contributed by atoms with Crippen molar-refractivity contribution in [1.82, 2.24) is 9.62 Å². The average Bonchev–Trinajstić information content (AvgIpc) is 2.67. The van der Waals surface area contributed by atoms with E-state index in [9.17, 15) is 13.2 Å². The molecule has 1 amide bonds. The van der Waals surface area contributed by atoms with E-state index < -0.39 is 10.0 Å². The summed E-state index contributed by atoms with van der Waals surface area (Å²) in [4.78, 5) is 12.6. The highest BCUT2D eigenvalue weighted by Gasteiger charge is 2.24. The number of carbonyl (C=O) groups is 1. The van der Waals surface area contributed by atoms with E-state index in [1.807, 2.05) is 31.2 Å². The van der Waals surface area contributed by atoms with Crippen LogP contribution in [-0.2, 0) is 10.0 Å². The van der Waals surface area contributed by atoms with Gasteiger partial charge in [0, 0.05) is 18.7 Å². The van der Waals surface area contributed by atoms with Crippen LogP contribution in [0.4, 0.5) is 0 Å². The molecule has 152 valence electrons. The van der Waals surface area contributed by atoms with Gasteiger partial charge < -0.3 is 10.1 Å². The third-order valence-corrected chi connectivity index (χ3v) is 6.64. The number of hydrogen-bond donors (Lipinski definition) is 1. The predicted octanol–water partition coefficient (Wildman–Crippen LogP) is 3.14. The Bertz CT molecular complexity index is 905. The van der Waals surface area contributed by atoms with Crippen LogP contribution in [0.15, 0.2) is 47.4 Å². The van der Waals surface area contributed by atoms with Gasteiger partial charge in [-0.15, -0.1) is 0 Å². The standard InChI is InChI=1S/C21H28N2O4S/c1-5-23(6-2)28(25,26)20-15-18(10-9-17(20)4)21(24)22-13-14-27-19-11-7-16(3)8-12-19/h7-12,15H,5-6,13-14H2,1-4H3,(H,22,24). The summed E-state index contributed by atoms with van der Waals surface area (Å²) in [6, 6.07) is 12.4. The molecule has 0 fully saturated rings. The molecule has 0 unspecified atom stereocenters. The van der Waals surface area contributed by atoms with Crippen LogP contribution < -0.4 is 10.1 Å². The molecule has 0 atom stereocenters. The zero-order valence-corrected chi connectivity index (χ0v) is 17.7. The number of hydrogen-bond acceptors (Lipinski definition) is 4. The van der Waals surface area contributed by atoms with E-state index >= 15 is 0 Å². The van der Waals surface area contributed by atoms with E-state index in [0.717, 1.165) is 11.3 Å². The average molecular weight is 405 g/mol. The summed E-state index contributed by atoms with van der Waals surface area (Å²) in [5.74, 6) is 0.409. The van der Waals surface area contributed by atoms with Crippen LogP contribution in [0.25, 0.3) is 0 Å². The van der Waals surface area contributed by atoms with Gasteiger partial charge in [0.25, 0.3) is 5.91 Å². The number of benzene rings is 2. The predicted molar refractivity (Wildman–Crippen MR) is 110 cm³/mol. The number of carbonyl (C=O) groups excluding carboxylic acids is 1. The lowest BCUT2D eigenvalue weighted by Gasteiger charge is -2.20. The second kappa shape index (κ2) is 9.71. The van der Waals surface area contributed by atoms with E-state index in [4.69, 9.17) is 4.74 Å². The lowest BCUT2D eigenvalue weighted by atomic mass is 10.1. The molecule has 0 radical (unpaired) electrons. The van der Waals surface area contributed by atoms with E-state index in [0.29, 0.717) is 37.4 Å². The van der Waals surface area contributed by atoms with E-state index in [-0.39, 0.29) is 10.8 Å². The highest BCUT2D eigenvalue weighted by molar-refractivity contribution is 7.89. The van der Waals surface area contributed by atoms with Gasteiger partial charge in [0.2, 0.25) is 10.0 Å². The fourth-order valence-corrected chi connectivity index (χ4v) is 4.50. The molecule has 2 rings (SSSR count). The topological polar surface area (TPSA) is 75.7 Å². The summed E-state index contributed by atoms with van der Waals surface area (Å²) in [6.45, 7) is 8.72. The fourth-order valence-electron chi connectivity index (χ4n) is 2.79. The number of amides is 1. The molecule has 1 N–H and O–H groups in total. The third-order valence-electron chi connectivity index (χ3n) is 4.45. The van der Waals surface area contributed by atoms with Gasteiger partial charge in [0.1, 0.15) is 12.4 Å². The number of ether oxygens (including phenoxy) is 1. The molecule has 28 heavy (non-hydrogen) atoms. The molecular weight excluding hydrogens is 376 g/mol. The molecular formula is C21H28N2O4S. The van der Waals surface area contributed by atoms with Crippen molar-refractivity contribution in [3.8, 4) is 5.75 Å². The minimum Gasteiger partial charge on any atom is -0.492 e. The second-order valence-corrected chi connectivity index (χ2v) is 8.39. The molecule has 0 aromatic heterocycles. The Morgan fingerprint density at radius 3 is 2.29 bits per heavy atom. The molecule has 0 aliphatic heterocycles. The van der Waals surface area contributed by atoms with Crippen LogP contribution in [0.2, 0.25) is 0 Å². The summed E-state index contributed by atoms with van der Waals surface area (Å²) < 4.78 is 32.6. The lowest BCUT2D eigenvalue weighted by molar-refractivity contribution is 0.0947. The van der Waals surface area contributed by atoms with Crippen LogP contribution in [0.5, 0.6) is 5.75 Å². The molecule has 0 heterocycles. The third kappa shape index (κ3) is 5.33. The first-order valence-electron chi connectivity index (χ1n) is 9.38. The molecule has 0 spiro atoms. The molecule has 0 saturated heterocycles. The molecule has 0 bridgehead atoms. The number of nitrogens with zero attached hydrogens (tertiary/aromatic N) is 1. The highest BCUT2D eigenvalue weighted by Crippen LogP contribution is 2.21. The first-order chi connectivity index (χ1) is 13.3. The monoisotopic (exact) mass is 404 g/mol. The zero-order valence-electron chi connectivity index (χ0n) is 16.9. The Morgan fingerprint density at radius 1 is 1.04 bits per heavy atom. The van der Waals surface area contributed by atoms with Gasteiger partial charge in [0.15, 0.2) is 0 Å². The van der Waals surface area contributed by atoms with Gasteiger partial charge in [-0.1, -0.05) is 37.6 Å². The quantitative estimate of drug-likeness (QED) is 0.652. The minimum absolute atomic E-state index is 0.166. The Kier molecular flexibility index (Phi) is 7.60. The Morgan fingerprint density at radius 2 is 1.68 bits per heavy atom. The molecule has 0 aliphatic carbocycles. The van der Waals surface area contributed by atoms with Crippen LogP contribution in [-0.4, -0.2) is 44.9 Å². The number of aryl methyl sites for hydroxylation is 2. The van der Waals surface area contributed by atoms with E-state index in [1.54, 1.807) is 32.9 Å². The van der Waals surface area contributed by atoms with Crippen LogP contribution >= 0.6 is 0 Å². The van der Waals surface area contributed by atoms with Gasteiger partial charge in [-0.25, -0.2) is 8.42 Å². The second-order valence-electron chi connectivity index (χ2n) is 6.49. The number of sulfonamides is 1. The number of rotatable bonds is 9. The summed E-state index contributed by atoms with van der Waals surface area (Å²) in [5.41, 5.74) is 2.08. The van der Waals surface area contributed by atoms with Crippen molar-refractivity contribution in [2.45, 2.75) is 32.6 Å². The first-order valence-corrected chi connectivity index (χ1v) is 10.8. The van der Waals surface area contributed by atoms with Gasteiger partial charge in [-0.2, -0.15) is 4.31 Å². The Labute approximate surface area is 167 Å². The molecule has 6 nitrogen and oxygen atoms in total. The van der Waals surface area contributed by atoms with Crippen molar-refractivity contribution in [2.24, 2.45) is 0 Å². The maximum absolute atomic E-state index is 12.8. The normalized spacial score (nSPS) is 11.5. The van der Waals surface area contributed by atoms with Crippen LogP contribution in [0.3, 0.4) is 0 Å². The highest BCUT2D eigenvalue weighted by atomic mass is 32.2. The first kappa shape index (κ1) is 21.9. The van der Waals surface area contributed by atoms with Crippen molar-refractivity contribution in [1.29, 1.82) is 0 Å². The molecule has 2 aromatic rings. The lowest BCUT2D eigenvalue weighted by Crippen LogP contribution is -2.32. The van der Waals surface area contributed by atoms with Gasteiger partial charge in [0.05, 0.1) is 11.4 Å². The van der Waals surface area contributed by atoms with E-state index in [1.165, 1.54) is 10.4 Å². The molecule has 0 aliphatic rings. The summed E-state index contributed by atoms with van der Waals surface area (Å²) in [7, 11) is -3.62. The SMILES string of the molecule is CCN(CC)S(=O)(=O)c1cc(C(=O)NCCOc2ccc(C)cc2)ccc1C. The minimum atomic E-state index is -3.62. The van der Waals surface area contributed by atoms with Crippen LogP contribution in [0.1, 0.15) is 35.3 Å². The Hall–Kier alpha value is -2.38. The van der Waals surface area contributed by atoms with Crippen molar-refractivity contribution in [3.05, 3.63) is 59.2 Å². The van der Waals surface area contributed by atoms with Crippen molar-refractivity contribution >= 4 is 15.9 Å². The van der Waals surface area contributed by atoms with Gasteiger partial charge in [-0.3, -0.25) is 4.79 Å². The summed E-state index contributed by atoms with van der Waals surface area (Å²) in [6.07, 6.45) is 0. The maximum Gasteiger partial charge on any atom is 0.251 e. The maximum atomic E-state index is 12.8. The summed E-state index contributed by atoms with van der Waals surface area (Å²) >= 11 is 0. The zero-order chi connectivity index (χ0) is 20.7.